The Kier molecular flexibility index (Phi) is 3.83. The standard InChI is InChI=1S/C16H18ClN3O/c17-12-4-5-13(15-11(12)3-1-8-19-15)20-14(21)9-16(10-18)6-2-7-16/h1,3-5,8H,2,6-7,9-10,18H2,(H,20,21). The van der Waals surface area contributed by atoms with Crippen LogP contribution in [0.25, 0.3) is 10.9 Å². The van der Waals surface area contributed by atoms with Crippen molar-refractivity contribution < 1.29 is 4.79 Å². The van der Waals surface area contributed by atoms with Crippen molar-refractivity contribution in [2.45, 2.75) is 25.7 Å². The Balaban J connectivity index is 1.82. The fourth-order valence-electron chi connectivity index (χ4n) is 2.90. The van der Waals surface area contributed by atoms with Crippen LogP contribution in [0.2, 0.25) is 5.02 Å². The summed E-state index contributed by atoms with van der Waals surface area (Å²) < 4.78 is 0. The Morgan fingerprint density at radius 2 is 2.19 bits per heavy atom. The van der Waals surface area contributed by atoms with Gasteiger partial charge in [0.15, 0.2) is 0 Å². The third-order valence-corrected chi connectivity index (χ3v) is 4.70. The van der Waals surface area contributed by atoms with Gasteiger partial charge in [-0.3, -0.25) is 9.78 Å². The summed E-state index contributed by atoms with van der Waals surface area (Å²) in [6.07, 6.45) is 5.41. The van der Waals surface area contributed by atoms with Crippen molar-refractivity contribution in [2.24, 2.45) is 11.1 Å². The van der Waals surface area contributed by atoms with Crippen molar-refractivity contribution in [2.75, 3.05) is 11.9 Å². The van der Waals surface area contributed by atoms with Gasteiger partial charge in [-0.1, -0.05) is 18.0 Å². The molecule has 1 aromatic heterocycles. The number of carbonyl (C=O) groups is 1. The number of aromatic nitrogens is 1. The van der Waals surface area contributed by atoms with Crippen LogP contribution < -0.4 is 11.1 Å². The topological polar surface area (TPSA) is 68.0 Å². The van der Waals surface area contributed by atoms with E-state index >= 15 is 0 Å². The van der Waals surface area contributed by atoms with E-state index in [9.17, 15) is 4.79 Å². The van der Waals surface area contributed by atoms with Crippen LogP contribution in [-0.2, 0) is 4.79 Å². The molecule has 1 fully saturated rings. The highest BCUT2D eigenvalue weighted by molar-refractivity contribution is 6.35. The maximum Gasteiger partial charge on any atom is 0.225 e. The molecule has 21 heavy (non-hydrogen) atoms. The Labute approximate surface area is 128 Å². The number of carbonyl (C=O) groups excluding carboxylic acids is 1. The highest BCUT2D eigenvalue weighted by atomic mass is 35.5. The van der Waals surface area contributed by atoms with Gasteiger partial charge in [0.05, 0.1) is 16.2 Å². The lowest BCUT2D eigenvalue weighted by Gasteiger charge is -2.40. The Morgan fingerprint density at radius 3 is 2.86 bits per heavy atom. The van der Waals surface area contributed by atoms with Crippen LogP contribution in [0, 0.1) is 5.41 Å². The summed E-state index contributed by atoms with van der Waals surface area (Å²) in [5.74, 6) is -0.00516. The lowest BCUT2D eigenvalue weighted by Crippen LogP contribution is -2.40. The summed E-state index contributed by atoms with van der Waals surface area (Å²) in [7, 11) is 0. The first-order valence-corrected chi connectivity index (χ1v) is 7.54. The molecule has 1 aliphatic carbocycles. The van der Waals surface area contributed by atoms with Gasteiger partial charge in [0.25, 0.3) is 0 Å². The lowest BCUT2D eigenvalue weighted by atomic mass is 9.66. The fraction of sp³-hybridized carbons (Fsp3) is 0.375. The molecular formula is C16H18ClN3O. The zero-order valence-corrected chi connectivity index (χ0v) is 12.5. The molecule has 0 saturated heterocycles. The van der Waals surface area contributed by atoms with Crippen molar-refractivity contribution in [3.63, 3.8) is 0 Å². The van der Waals surface area contributed by atoms with Gasteiger partial charge >= 0.3 is 0 Å². The zero-order valence-electron chi connectivity index (χ0n) is 11.7. The van der Waals surface area contributed by atoms with E-state index in [0.29, 0.717) is 29.2 Å². The molecule has 2 aromatic rings. The van der Waals surface area contributed by atoms with Gasteiger partial charge in [0, 0.05) is 18.0 Å². The predicted octanol–water partition coefficient (Wildman–Crippen LogP) is 3.35. The molecule has 0 bridgehead atoms. The molecule has 4 nitrogen and oxygen atoms in total. The second-order valence-electron chi connectivity index (χ2n) is 5.78. The molecule has 5 heteroatoms. The van der Waals surface area contributed by atoms with Crippen molar-refractivity contribution in [1.29, 1.82) is 0 Å². The molecule has 3 N–H and O–H groups in total. The van der Waals surface area contributed by atoms with Crippen molar-refractivity contribution >= 4 is 34.1 Å². The molecular weight excluding hydrogens is 286 g/mol. The molecule has 3 rings (SSSR count). The van der Waals surface area contributed by atoms with Crippen LogP contribution in [0.4, 0.5) is 5.69 Å². The van der Waals surface area contributed by atoms with E-state index in [1.807, 2.05) is 12.1 Å². The number of amides is 1. The molecule has 0 aliphatic heterocycles. The monoisotopic (exact) mass is 303 g/mol. The highest BCUT2D eigenvalue weighted by Crippen LogP contribution is 2.43. The lowest BCUT2D eigenvalue weighted by molar-refractivity contribution is -0.119. The number of nitrogens with one attached hydrogen (secondary N) is 1. The number of benzene rings is 1. The number of halogens is 1. The maximum atomic E-state index is 12.3. The zero-order chi connectivity index (χ0) is 14.9. The minimum absolute atomic E-state index is 0.000257. The van der Waals surface area contributed by atoms with E-state index in [1.165, 1.54) is 0 Å². The molecule has 0 unspecified atom stereocenters. The second kappa shape index (κ2) is 5.62. The molecule has 1 saturated carbocycles. The van der Waals surface area contributed by atoms with E-state index in [2.05, 4.69) is 10.3 Å². The summed E-state index contributed by atoms with van der Waals surface area (Å²) in [6, 6.07) is 7.31. The van der Waals surface area contributed by atoms with Crippen LogP contribution >= 0.6 is 11.6 Å². The van der Waals surface area contributed by atoms with Gasteiger partial charge in [-0.15, -0.1) is 0 Å². The van der Waals surface area contributed by atoms with Gasteiger partial charge in [-0.25, -0.2) is 0 Å². The van der Waals surface area contributed by atoms with Crippen molar-refractivity contribution in [3.05, 3.63) is 35.5 Å². The number of pyridine rings is 1. The number of anilines is 1. The highest BCUT2D eigenvalue weighted by Gasteiger charge is 2.37. The molecule has 1 heterocycles. The number of fused-ring (bicyclic) bond motifs is 1. The van der Waals surface area contributed by atoms with Gasteiger partial charge in [0.2, 0.25) is 5.91 Å². The van der Waals surface area contributed by atoms with Crippen LogP contribution in [0.15, 0.2) is 30.5 Å². The fourth-order valence-corrected chi connectivity index (χ4v) is 3.12. The molecule has 1 aromatic carbocycles. The largest absolute Gasteiger partial charge is 0.330 e. The smallest absolute Gasteiger partial charge is 0.225 e. The molecule has 0 spiro atoms. The second-order valence-corrected chi connectivity index (χ2v) is 6.18. The summed E-state index contributed by atoms with van der Waals surface area (Å²) in [6.45, 7) is 0.569. The number of nitrogens with two attached hydrogens (primary N) is 1. The quantitative estimate of drug-likeness (QED) is 0.910. The average Bonchev–Trinajstić information content (AvgIpc) is 2.46. The van der Waals surface area contributed by atoms with Crippen LogP contribution in [-0.4, -0.2) is 17.4 Å². The Hall–Kier alpha value is -1.65. The minimum atomic E-state index is -0.00516. The number of nitrogens with zero attached hydrogens (tertiary/aromatic N) is 1. The van der Waals surface area contributed by atoms with Crippen LogP contribution in [0.3, 0.4) is 0 Å². The van der Waals surface area contributed by atoms with E-state index in [-0.39, 0.29) is 11.3 Å². The summed E-state index contributed by atoms with van der Waals surface area (Å²) in [5, 5.41) is 4.43. The summed E-state index contributed by atoms with van der Waals surface area (Å²) >= 11 is 6.16. The van der Waals surface area contributed by atoms with Crippen LogP contribution in [0.5, 0.6) is 0 Å². The minimum Gasteiger partial charge on any atom is -0.330 e. The predicted molar refractivity (Wildman–Crippen MR) is 85.3 cm³/mol. The molecule has 1 amide bonds. The van der Waals surface area contributed by atoms with Gasteiger partial charge in [0.1, 0.15) is 0 Å². The number of hydrogen-bond acceptors (Lipinski definition) is 3. The van der Waals surface area contributed by atoms with E-state index in [1.54, 1.807) is 18.3 Å². The number of rotatable bonds is 4. The third kappa shape index (κ3) is 2.74. The third-order valence-electron chi connectivity index (χ3n) is 4.37. The number of hydrogen-bond donors (Lipinski definition) is 2. The Morgan fingerprint density at radius 1 is 1.38 bits per heavy atom. The van der Waals surface area contributed by atoms with E-state index in [0.717, 1.165) is 24.6 Å². The van der Waals surface area contributed by atoms with Crippen LogP contribution in [0.1, 0.15) is 25.7 Å². The molecule has 110 valence electrons. The normalized spacial score (nSPS) is 16.5. The van der Waals surface area contributed by atoms with Gasteiger partial charge < -0.3 is 11.1 Å². The molecule has 0 radical (unpaired) electrons. The van der Waals surface area contributed by atoms with Gasteiger partial charge in [-0.05, 0) is 49.1 Å². The maximum absolute atomic E-state index is 12.3. The first kappa shape index (κ1) is 14.3. The first-order valence-electron chi connectivity index (χ1n) is 7.17. The first-order chi connectivity index (χ1) is 10.1. The molecule has 1 aliphatic rings. The SMILES string of the molecule is NCC1(CC(=O)Nc2ccc(Cl)c3cccnc23)CCC1. The van der Waals surface area contributed by atoms with Crippen molar-refractivity contribution in [1.82, 2.24) is 4.98 Å². The van der Waals surface area contributed by atoms with Crippen molar-refractivity contribution in [3.8, 4) is 0 Å². The summed E-state index contributed by atoms with van der Waals surface area (Å²) in [4.78, 5) is 16.6. The Bertz CT molecular complexity index is 677. The van der Waals surface area contributed by atoms with E-state index < -0.39 is 0 Å². The van der Waals surface area contributed by atoms with Gasteiger partial charge in [-0.2, -0.15) is 0 Å². The molecule has 0 atom stereocenters. The van der Waals surface area contributed by atoms with E-state index in [4.69, 9.17) is 17.3 Å². The summed E-state index contributed by atoms with van der Waals surface area (Å²) in [5.41, 5.74) is 7.23. The average molecular weight is 304 g/mol.